The highest BCUT2D eigenvalue weighted by Crippen LogP contribution is 2.23. The maximum absolute atomic E-state index is 4.58. The van der Waals surface area contributed by atoms with Gasteiger partial charge >= 0.3 is 0 Å². The van der Waals surface area contributed by atoms with E-state index >= 15 is 0 Å². The normalized spacial score (nSPS) is 15.9. The fourth-order valence-corrected chi connectivity index (χ4v) is 2.97. The Labute approximate surface area is 112 Å². The summed E-state index contributed by atoms with van der Waals surface area (Å²) < 4.78 is 0. The van der Waals surface area contributed by atoms with Crippen molar-refractivity contribution >= 4 is 17.2 Å². The van der Waals surface area contributed by atoms with Crippen LogP contribution in [0, 0.1) is 6.92 Å². The lowest BCUT2D eigenvalue weighted by Gasteiger charge is -2.27. The van der Waals surface area contributed by atoms with Gasteiger partial charge in [-0.1, -0.05) is 0 Å². The molecule has 0 amide bonds. The van der Waals surface area contributed by atoms with Crippen molar-refractivity contribution in [3.8, 4) is 11.3 Å². The topological polar surface area (TPSA) is 29.0 Å². The van der Waals surface area contributed by atoms with Gasteiger partial charge in [0.2, 0.25) is 0 Å². The molecule has 2 aromatic rings. The average molecular weight is 259 g/mol. The minimum atomic E-state index is 1.04. The van der Waals surface area contributed by atoms with Crippen LogP contribution in [0.25, 0.3) is 11.3 Å². The summed E-state index contributed by atoms with van der Waals surface area (Å²) in [6.07, 6.45) is 5.87. The molecular weight excluding hydrogens is 242 g/mol. The number of aryl methyl sites for hydroxylation is 1. The van der Waals surface area contributed by atoms with E-state index in [2.05, 4.69) is 32.4 Å². The lowest BCUT2D eigenvalue weighted by atomic mass is 10.1. The van der Waals surface area contributed by atoms with Gasteiger partial charge in [0.05, 0.1) is 10.7 Å². The summed E-state index contributed by atoms with van der Waals surface area (Å²) in [5.41, 5.74) is 2.15. The lowest BCUT2D eigenvalue weighted by Crippen LogP contribution is -2.29. The molecule has 3 rings (SSSR count). The van der Waals surface area contributed by atoms with Crippen molar-refractivity contribution < 1.29 is 0 Å². The molecule has 3 heterocycles. The Hall–Kier alpha value is -1.42. The van der Waals surface area contributed by atoms with Gasteiger partial charge in [-0.3, -0.25) is 0 Å². The standard InChI is InChI=1S/C14H17N3S/c1-11-16-13(10-18-11)12-5-6-14(15-9-12)17-7-3-2-4-8-17/h5-6,9-10H,2-4,7-8H2,1H3. The zero-order valence-electron chi connectivity index (χ0n) is 10.6. The summed E-state index contributed by atoms with van der Waals surface area (Å²) >= 11 is 1.68. The van der Waals surface area contributed by atoms with E-state index in [-0.39, 0.29) is 0 Å². The average Bonchev–Trinajstić information content (AvgIpc) is 2.87. The van der Waals surface area contributed by atoms with Crippen LogP contribution in [0.3, 0.4) is 0 Å². The quantitative estimate of drug-likeness (QED) is 0.826. The SMILES string of the molecule is Cc1nc(-c2ccc(N3CCCCC3)nc2)cs1. The van der Waals surface area contributed by atoms with Crippen LogP contribution in [0.5, 0.6) is 0 Å². The first kappa shape index (κ1) is 11.7. The molecule has 0 bridgehead atoms. The summed E-state index contributed by atoms with van der Waals surface area (Å²) in [4.78, 5) is 11.4. The predicted molar refractivity (Wildman–Crippen MR) is 76.1 cm³/mol. The highest BCUT2D eigenvalue weighted by molar-refractivity contribution is 7.09. The third-order valence-corrected chi connectivity index (χ3v) is 4.12. The summed E-state index contributed by atoms with van der Waals surface area (Å²) in [5.74, 6) is 1.10. The lowest BCUT2D eigenvalue weighted by molar-refractivity contribution is 0.573. The molecule has 0 aromatic carbocycles. The molecule has 0 unspecified atom stereocenters. The second kappa shape index (κ2) is 5.06. The number of hydrogen-bond donors (Lipinski definition) is 0. The summed E-state index contributed by atoms with van der Waals surface area (Å²) in [6.45, 7) is 4.31. The van der Waals surface area contributed by atoms with Crippen molar-refractivity contribution in [2.75, 3.05) is 18.0 Å². The Morgan fingerprint density at radius 3 is 2.61 bits per heavy atom. The number of pyridine rings is 1. The molecule has 18 heavy (non-hydrogen) atoms. The summed E-state index contributed by atoms with van der Waals surface area (Å²) in [5, 5.41) is 3.19. The van der Waals surface area contributed by atoms with Crippen molar-refractivity contribution in [3.05, 3.63) is 28.7 Å². The Kier molecular flexibility index (Phi) is 3.28. The first-order chi connectivity index (χ1) is 8.83. The smallest absolute Gasteiger partial charge is 0.128 e. The Morgan fingerprint density at radius 2 is 2.00 bits per heavy atom. The number of hydrogen-bond acceptors (Lipinski definition) is 4. The largest absolute Gasteiger partial charge is 0.357 e. The van der Waals surface area contributed by atoms with Crippen molar-refractivity contribution in [1.29, 1.82) is 0 Å². The molecule has 3 nitrogen and oxygen atoms in total. The van der Waals surface area contributed by atoms with Crippen LogP contribution in [-0.4, -0.2) is 23.1 Å². The van der Waals surface area contributed by atoms with E-state index in [0.29, 0.717) is 0 Å². The second-order valence-corrected chi connectivity index (χ2v) is 5.77. The zero-order chi connectivity index (χ0) is 12.4. The number of nitrogens with zero attached hydrogens (tertiary/aromatic N) is 3. The third-order valence-electron chi connectivity index (χ3n) is 3.34. The molecule has 4 heteroatoms. The molecule has 1 fully saturated rings. The van der Waals surface area contributed by atoms with Crippen molar-refractivity contribution in [2.24, 2.45) is 0 Å². The molecular formula is C14H17N3S. The van der Waals surface area contributed by atoms with Gasteiger partial charge in [-0.2, -0.15) is 0 Å². The molecule has 1 saturated heterocycles. The predicted octanol–water partition coefficient (Wildman–Crippen LogP) is 3.50. The monoisotopic (exact) mass is 259 g/mol. The second-order valence-electron chi connectivity index (χ2n) is 4.70. The van der Waals surface area contributed by atoms with Crippen molar-refractivity contribution in [2.45, 2.75) is 26.2 Å². The highest BCUT2D eigenvalue weighted by atomic mass is 32.1. The number of piperidine rings is 1. The van der Waals surface area contributed by atoms with Gasteiger partial charge in [0, 0.05) is 30.2 Å². The molecule has 1 aliphatic rings. The van der Waals surface area contributed by atoms with Gasteiger partial charge in [-0.15, -0.1) is 11.3 Å². The van der Waals surface area contributed by atoms with Gasteiger partial charge in [-0.05, 0) is 38.3 Å². The number of rotatable bonds is 2. The number of aromatic nitrogens is 2. The van der Waals surface area contributed by atoms with Gasteiger partial charge in [0.25, 0.3) is 0 Å². The third kappa shape index (κ3) is 2.38. The van der Waals surface area contributed by atoms with E-state index in [4.69, 9.17) is 0 Å². The van der Waals surface area contributed by atoms with Crippen LogP contribution in [0.1, 0.15) is 24.3 Å². The van der Waals surface area contributed by atoms with Crippen LogP contribution in [0.4, 0.5) is 5.82 Å². The maximum atomic E-state index is 4.58. The van der Waals surface area contributed by atoms with Gasteiger partial charge in [0.15, 0.2) is 0 Å². The van der Waals surface area contributed by atoms with E-state index in [9.17, 15) is 0 Å². The van der Waals surface area contributed by atoms with Crippen LogP contribution in [0.2, 0.25) is 0 Å². The molecule has 0 saturated carbocycles. The van der Waals surface area contributed by atoms with E-state index in [0.717, 1.165) is 35.2 Å². The molecule has 2 aromatic heterocycles. The molecule has 0 spiro atoms. The molecule has 1 aliphatic heterocycles. The number of thiazole rings is 1. The van der Waals surface area contributed by atoms with Crippen LogP contribution in [-0.2, 0) is 0 Å². The van der Waals surface area contributed by atoms with E-state index in [1.54, 1.807) is 11.3 Å². The Bertz CT molecular complexity index is 512. The Balaban J connectivity index is 1.80. The molecule has 0 atom stereocenters. The van der Waals surface area contributed by atoms with Gasteiger partial charge < -0.3 is 4.90 Å². The maximum Gasteiger partial charge on any atom is 0.128 e. The first-order valence-corrected chi connectivity index (χ1v) is 7.34. The van der Waals surface area contributed by atoms with Crippen LogP contribution >= 0.6 is 11.3 Å². The minimum Gasteiger partial charge on any atom is -0.357 e. The molecule has 94 valence electrons. The van der Waals surface area contributed by atoms with Crippen molar-refractivity contribution in [3.63, 3.8) is 0 Å². The fourth-order valence-electron chi connectivity index (χ4n) is 2.34. The van der Waals surface area contributed by atoms with E-state index in [1.165, 1.54) is 19.3 Å². The minimum absolute atomic E-state index is 1.04. The first-order valence-electron chi connectivity index (χ1n) is 6.46. The zero-order valence-corrected chi connectivity index (χ0v) is 11.4. The number of anilines is 1. The molecule has 0 N–H and O–H groups in total. The van der Waals surface area contributed by atoms with E-state index < -0.39 is 0 Å². The summed E-state index contributed by atoms with van der Waals surface area (Å²) in [7, 11) is 0. The molecule has 0 aliphatic carbocycles. The van der Waals surface area contributed by atoms with Crippen molar-refractivity contribution in [1.82, 2.24) is 9.97 Å². The highest BCUT2D eigenvalue weighted by Gasteiger charge is 2.12. The van der Waals surface area contributed by atoms with Crippen LogP contribution < -0.4 is 4.90 Å². The molecule has 0 radical (unpaired) electrons. The van der Waals surface area contributed by atoms with Gasteiger partial charge in [0.1, 0.15) is 5.82 Å². The summed E-state index contributed by atoms with van der Waals surface area (Å²) in [6, 6.07) is 4.25. The van der Waals surface area contributed by atoms with Gasteiger partial charge in [-0.25, -0.2) is 9.97 Å². The van der Waals surface area contributed by atoms with E-state index in [1.807, 2.05) is 13.1 Å². The Morgan fingerprint density at radius 1 is 1.17 bits per heavy atom. The fraction of sp³-hybridized carbons (Fsp3) is 0.429. The van der Waals surface area contributed by atoms with Crippen LogP contribution in [0.15, 0.2) is 23.7 Å².